The number of Topliss-reactive ketones (excluding diaryl/α,β-unsaturated/α-hetero) is 1. The van der Waals surface area contributed by atoms with E-state index in [0.29, 0.717) is 0 Å². The van der Waals surface area contributed by atoms with Gasteiger partial charge in [0.25, 0.3) is 0 Å². The first-order valence-electron chi connectivity index (χ1n) is 4.19. The predicted molar refractivity (Wildman–Crippen MR) is 41.7 cm³/mol. The lowest BCUT2D eigenvalue weighted by atomic mass is 9.94. The molecule has 0 aromatic heterocycles. The topological polar surface area (TPSA) is 40.9 Å². The molecule has 1 saturated carbocycles. The number of nitriles is 1. The van der Waals surface area contributed by atoms with E-state index in [2.05, 4.69) is 0 Å². The zero-order valence-corrected chi connectivity index (χ0v) is 6.84. The summed E-state index contributed by atoms with van der Waals surface area (Å²) in [5, 5.41) is 8.49. The summed E-state index contributed by atoms with van der Waals surface area (Å²) in [4.78, 5) is 11.4. The van der Waals surface area contributed by atoms with Crippen LogP contribution in [0.2, 0.25) is 0 Å². The zero-order valence-electron chi connectivity index (χ0n) is 6.84. The standard InChI is InChI=1S/C9H13NO/c1-7(6-10)9(11)8-4-2-3-5-8/h7-8H,2-5H2,1H3. The van der Waals surface area contributed by atoms with Crippen molar-refractivity contribution in [3.8, 4) is 6.07 Å². The first kappa shape index (κ1) is 8.26. The molecule has 0 spiro atoms. The summed E-state index contributed by atoms with van der Waals surface area (Å²) >= 11 is 0. The summed E-state index contributed by atoms with van der Waals surface area (Å²) in [7, 11) is 0. The van der Waals surface area contributed by atoms with Gasteiger partial charge in [-0.2, -0.15) is 5.26 Å². The summed E-state index contributed by atoms with van der Waals surface area (Å²) in [6, 6.07) is 1.99. The number of carbonyl (C=O) groups excluding carboxylic acids is 1. The van der Waals surface area contributed by atoms with Crippen molar-refractivity contribution in [3.05, 3.63) is 0 Å². The maximum absolute atomic E-state index is 11.4. The fourth-order valence-electron chi connectivity index (χ4n) is 1.63. The minimum atomic E-state index is -0.391. The van der Waals surface area contributed by atoms with Crippen LogP contribution in [0, 0.1) is 23.2 Å². The molecule has 0 saturated heterocycles. The van der Waals surface area contributed by atoms with Crippen molar-refractivity contribution in [2.45, 2.75) is 32.6 Å². The van der Waals surface area contributed by atoms with Gasteiger partial charge in [-0.1, -0.05) is 12.8 Å². The SMILES string of the molecule is CC(C#N)C(=O)C1CCCC1. The van der Waals surface area contributed by atoms with Crippen LogP contribution in [0.1, 0.15) is 32.6 Å². The molecule has 0 aliphatic heterocycles. The molecule has 1 fully saturated rings. The molecule has 0 aromatic rings. The summed E-state index contributed by atoms with van der Waals surface area (Å²) in [5.74, 6) is -0.0345. The highest BCUT2D eigenvalue weighted by molar-refractivity contribution is 5.85. The molecule has 1 aliphatic rings. The largest absolute Gasteiger partial charge is 0.298 e. The Morgan fingerprint density at radius 2 is 2.09 bits per heavy atom. The second kappa shape index (κ2) is 3.52. The summed E-state index contributed by atoms with van der Waals surface area (Å²) < 4.78 is 0. The summed E-state index contributed by atoms with van der Waals surface area (Å²) in [6.07, 6.45) is 4.33. The molecular weight excluding hydrogens is 138 g/mol. The summed E-state index contributed by atoms with van der Waals surface area (Å²) in [6.45, 7) is 1.70. The average Bonchev–Trinajstić information content (AvgIpc) is 2.53. The van der Waals surface area contributed by atoms with Crippen molar-refractivity contribution in [2.75, 3.05) is 0 Å². The van der Waals surface area contributed by atoms with Gasteiger partial charge in [0.05, 0.1) is 6.07 Å². The van der Waals surface area contributed by atoms with E-state index in [4.69, 9.17) is 5.26 Å². The average molecular weight is 151 g/mol. The lowest BCUT2D eigenvalue weighted by Crippen LogP contribution is -2.17. The Morgan fingerprint density at radius 3 is 2.55 bits per heavy atom. The van der Waals surface area contributed by atoms with E-state index in [-0.39, 0.29) is 11.7 Å². The van der Waals surface area contributed by atoms with Crippen LogP contribution >= 0.6 is 0 Å². The van der Waals surface area contributed by atoms with Crippen LogP contribution in [0.15, 0.2) is 0 Å². The molecule has 0 bridgehead atoms. The lowest BCUT2D eigenvalue weighted by Gasteiger charge is -2.07. The number of hydrogen-bond acceptors (Lipinski definition) is 2. The Kier molecular flexibility index (Phi) is 2.64. The van der Waals surface area contributed by atoms with Crippen molar-refractivity contribution in [1.29, 1.82) is 5.26 Å². The first-order chi connectivity index (χ1) is 5.25. The molecule has 1 rings (SSSR count). The monoisotopic (exact) mass is 151 g/mol. The summed E-state index contributed by atoms with van der Waals surface area (Å²) in [5.41, 5.74) is 0. The van der Waals surface area contributed by atoms with E-state index in [1.54, 1.807) is 6.92 Å². The Bertz CT molecular complexity index is 186. The number of nitrogens with zero attached hydrogens (tertiary/aromatic N) is 1. The maximum atomic E-state index is 11.4. The Hall–Kier alpha value is -0.840. The number of ketones is 1. The van der Waals surface area contributed by atoms with Crippen LogP contribution in [0.3, 0.4) is 0 Å². The number of hydrogen-bond donors (Lipinski definition) is 0. The number of carbonyl (C=O) groups is 1. The minimum Gasteiger partial charge on any atom is -0.298 e. The highest BCUT2D eigenvalue weighted by Crippen LogP contribution is 2.27. The molecule has 0 aromatic carbocycles. The molecule has 1 atom stereocenters. The fraction of sp³-hybridized carbons (Fsp3) is 0.778. The molecule has 2 nitrogen and oxygen atoms in total. The predicted octanol–water partition coefficient (Wildman–Crippen LogP) is 1.91. The van der Waals surface area contributed by atoms with Crippen LogP contribution in [0.5, 0.6) is 0 Å². The van der Waals surface area contributed by atoms with Gasteiger partial charge in [0.1, 0.15) is 5.92 Å². The van der Waals surface area contributed by atoms with Gasteiger partial charge in [-0.25, -0.2) is 0 Å². The van der Waals surface area contributed by atoms with Gasteiger partial charge >= 0.3 is 0 Å². The van der Waals surface area contributed by atoms with Gasteiger partial charge in [0.15, 0.2) is 5.78 Å². The Morgan fingerprint density at radius 1 is 1.55 bits per heavy atom. The molecule has 0 heterocycles. The molecule has 1 aliphatic carbocycles. The van der Waals surface area contributed by atoms with Crippen LogP contribution in [-0.4, -0.2) is 5.78 Å². The highest BCUT2D eigenvalue weighted by atomic mass is 16.1. The second-order valence-corrected chi connectivity index (χ2v) is 3.23. The van der Waals surface area contributed by atoms with Crippen molar-refractivity contribution in [3.63, 3.8) is 0 Å². The number of rotatable bonds is 2. The minimum absolute atomic E-state index is 0.157. The van der Waals surface area contributed by atoms with Crippen LogP contribution < -0.4 is 0 Å². The Labute approximate surface area is 67.2 Å². The van der Waals surface area contributed by atoms with Crippen molar-refractivity contribution >= 4 is 5.78 Å². The maximum Gasteiger partial charge on any atom is 0.152 e. The van der Waals surface area contributed by atoms with Crippen LogP contribution in [0.25, 0.3) is 0 Å². The molecule has 60 valence electrons. The van der Waals surface area contributed by atoms with Crippen LogP contribution in [-0.2, 0) is 4.79 Å². The van der Waals surface area contributed by atoms with Gasteiger partial charge in [-0.05, 0) is 19.8 Å². The van der Waals surface area contributed by atoms with E-state index < -0.39 is 5.92 Å². The molecular formula is C9H13NO. The van der Waals surface area contributed by atoms with E-state index in [1.165, 1.54) is 0 Å². The fourth-order valence-corrected chi connectivity index (χ4v) is 1.63. The van der Waals surface area contributed by atoms with E-state index >= 15 is 0 Å². The molecule has 0 radical (unpaired) electrons. The van der Waals surface area contributed by atoms with Gasteiger partial charge < -0.3 is 0 Å². The van der Waals surface area contributed by atoms with Crippen molar-refractivity contribution < 1.29 is 4.79 Å². The van der Waals surface area contributed by atoms with Gasteiger partial charge in [-0.3, -0.25) is 4.79 Å². The molecule has 1 unspecified atom stereocenters. The molecule has 0 amide bonds. The zero-order chi connectivity index (χ0) is 8.27. The lowest BCUT2D eigenvalue weighted by molar-refractivity contribution is -0.124. The molecule has 2 heteroatoms. The van der Waals surface area contributed by atoms with Crippen molar-refractivity contribution in [1.82, 2.24) is 0 Å². The van der Waals surface area contributed by atoms with Gasteiger partial charge in [0.2, 0.25) is 0 Å². The van der Waals surface area contributed by atoms with Gasteiger partial charge in [-0.15, -0.1) is 0 Å². The van der Waals surface area contributed by atoms with E-state index in [0.717, 1.165) is 25.7 Å². The second-order valence-electron chi connectivity index (χ2n) is 3.23. The first-order valence-corrected chi connectivity index (χ1v) is 4.19. The normalized spacial score (nSPS) is 21.1. The van der Waals surface area contributed by atoms with E-state index in [1.807, 2.05) is 6.07 Å². The molecule has 0 N–H and O–H groups in total. The van der Waals surface area contributed by atoms with Gasteiger partial charge in [0, 0.05) is 5.92 Å². The third kappa shape index (κ3) is 1.80. The third-order valence-electron chi connectivity index (χ3n) is 2.38. The quantitative estimate of drug-likeness (QED) is 0.604. The molecule has 11 heavy (non-hydrogen) atoms. The van der Waals surface area contributed by atoms with E-state index in [9.17, 15) is 4.79 Å². The van der Waals surface area contributed by atoms with Crippen molar-refractivity contribution in [2.24, 2.45) is 11.8 Å². The van der Waals surface area contributed by atoms with Crippen LogP contribution in [0.4, 0.5) is 0 Å². The highest BCUT2D eigenvalue weighted by Gasteiger charge is 2.26. The third-order valence-corrected chi connectivity index (χ3v) is 2.38. The smallest absolute Gasteiger partial charge is 0.152 e. The Balaban J connectivity index is 2.47.